The number of benzene rings is 2. The van der Waals surface area contributed by atoms with Crippen molar-refractivity contribution in [3.05, 3.63) is 94.5 Å². The summed E-state index contributed by atoms with van der Waals surface area (Å²) < 4.78 is 1.47. The summed E-state index contributed by atoms with van der Waals surface area (Å²) in [7, 11) is 4.16. The Labute approximate surface area is 215 Å². The van der Waals surface area contributed by atoms with Gasteiger partial charge in [-0.1, -0.05) is 30.3 Å². The van der Waals surface area contributed by atoms with Gasteiger partial charge in [-0.3, -0.25) is 4.79 Å². The highest BCUT2D eigenvalue weighted by molar-refractivity contribution is 7.99. The van der Waals surface area contributed by atoms with Crippen LogP contribution >= 0.6 is 11.8 Å². The molecule has 182 valence electrons. The van der Waals surface area contributed by atoms with Crippen molar-refractivity contribution in [1.82, 2.24) is 24.6 Å². The monoisotopic (exact) mass is 496 g/mol. The Morgan fingerprint density at radius 2 is 1.78 bits per heavy atom. The second kappa shape index (κ2) is 11.8. The van der Waals surface area contributed by atoms with Crippen molar-refractivity contribution in [3.63, 3.8) is 0 Å². The van der Waals surface area contributed by atoms with Crippen molar-refractivity contribution >= 4 is 11.8 Å². The molecule has 36 heavy (non-hydrogen) atoms. The smallest absolute Gasteiger partial charge is 0.267 e. The summed E-state index contributed by atoms with van der Waals surface area (Å²) in [5.41, 5.74) is 3.59. The zero-order valence-electron chi connectivity index (χ0n) is 20.6. The topological polar surface area (TPSA) is 87.7 Å². The Kier molecular flexibility index (Phi) is 8.26. The number of hydrogen-bond acceptors (Lipinski definition) is 7. The van der Waals surface area contributed by atoms with Crippen molar-refractivity contribution in [1.29, 1.82) is 5.26 Å². The Bertz CT molecular complexity index is 1430. The van der Waals surface area contributed by atoms with E-state index >= 15 is 0 Å². The molecule has 4 rings (SSSR count). The van der Waals surface area contributed by atoms with Crippen LogP contribution in [-0.4, -0.2) is 51.0 Å². The van der Waals surface area contributed by atoms with Crippen LogP contribution in [0.3, 0.4) is 0 Å². The van der Waals surface area contributed by atoms with Gasteiger partial charge < -0.3 is 4.90 Å². The van der Waals surface area contributed by atoms with Crippen LogP contribution in [0.15, 0.2) is 82.7 Å². The van der Waals surface area contributed by atoms with E-state index in [9.17, 15) is 10.1 Å². The molecule has 8 heteroatoms. The molecule has 0 amide bonds. The summed E-state index contributed by atoms with van der Waals surface area (Å²) in [6, 6.07) is 20.1. The number of nitriles is 1. The minimum Gasteiger partial charge on any atom is -0.309 e. The highest BCUT2D eigenvalue weighted by Gasteiger charge is 2.14. The third-order valence-corrected chi connectivity index (χ3v) is 6.79. The molecule has 2 aromatic carbocycles. The number of aromatic nitrogens is 4. The molecule has 0 radical (unpaired) electrons. The molecule has 0 fully saturated rings. The van der Waals surface area contributed by atoms with Crippen LogP contribution in [0.4, 0.5) is 0 Å². The van der Waals surface area contributed by atoms with Crippen LogP contribution in [0.2, 0.25) is 0 Å². The van der Waals surface area contributed by atoms with Gasteiger partial charge in [0.2, 0.25) is 0 Å². The van der Waals surface area contributed by atoms with Crippen LogP contribution < -0.4 is 5.56 Å². The Hall–Kier alpha value is -3.80. The van der Waals surface area contributed by atoms with E-state index in [0.717, 1.165) is 40.3 Å². The lowest BCUT2D eigenvalue weighted by atomic mass is 10.0. The standard InChI is InChI=1S/C28H28N6OS/c1-20(34-27(35)12-11-26(32-34)23-9-4-7-21(15-23)17-29)22-8-5-10-24(16-22)28-30-18-25(19-31-28)36-14-6-13-33(2)3/h4-5,7-12,15-16,18-20H,6,13-14H2,1-3H3. The molecule has 7 nitrogen and oxygen atoms in total. The lowest BCUT2D eigenvalue weighted by Gasteiger charge is -2.16. The number of rotatable bonds is 9. The predicted octanol–water partition coefficient (Wildman–Crippen LogP) is 4.89. The van der Waals surface area contributed by atoms with Gasteiger partial charge in [-0.25, -0.2) is 14.6 Å². The van der Waals surface area contributed by atoms with E-state index < -0.39 is 0 Å². The second-order valence-corrected chi connectivity index (χ2v) is 9.91. The molecular formula is C28H28N6OS. The van der Waals surface area contributed by atoms with Crippen molar-refractivity contribution in [2.45, 2.75) is 24.3 Å². The maximum atomic E-state index is 12.7. The first-order valence-corrected chi connectivity index (χ1v) is 12.7. The van der Waals surface area contributed by atoms with Gasteiger partial charge in [0.15, 0.2) is 5.82 Å². The van der Waals surface area contributed by atoms with Gasteiger partial charge in [0.05, 0.1) is 23.4 Å². The van der Waals surface area contributed by atoms with E-state index in [1.807, 2.05) is 55.7 Å². The van der Waals surface area contributed by atoms with Gasteiger partial charge in [0.25, 0.3) is 5.56 Å². The largest absolute Gasteiger partial charge is 0.309 e. The highest BCUT2D eigenvalue weighted by atomic mass is 32.2. The van der Waals surface area contributed by atoms with Gasteiger partial charge in [-0.2, -0.15) is 10.4 Å². The molecule has 0 aliphatic rings. The van der Waals surface area contributed by atoms with Crippen LogP contribution in [0.5, 0.6) is 0 Å². The molecule has 1 atom stereocenters. The Balaban J connectivity index is 1.54. The maximum absolute atomic E-state index is 12.7. The molecule has 0 bridgehead atoms. The van der Waals surface area contributed by atoms with Gasteiger partial charge in [-0.05, 0) is 69.6 Å². The first-order valence-electron chi connectivity index (χ1n) is 11.7. The third-order valence-electron chi connectivity index (χ3n) is 5.75. The quantitative estimate of drug-likeness (QED) is 0.241. The SMILES string of the molecule is CC(c1cccc(-c2ncc(SCCCN(C)C)cn2)c1)n1nc(-c2cccc(C#N)c2)ccc1=O. The molecule has 0 saturated heterocycles. The van der Waals surface area contributed by atoms with Gasteiger partial charge in [-0.15, -0.1) is 11.8 Å². The fourth-order valence-corrected chi connectivity index (χ4v) is 4.56. The lowest BCUT2D eigenvalue weighted by Crippen LogP contribution is -2.26. The summed E-state index contributed by atoms with van der Waals surface area (Å²) in [6.45, 7) is 3.00. The summed E-state index contributed by atoms with van der Waals surface area (Å²) in [6.07, 6.45) is 4.84. The first kappa shape index (κ1) is 25.3. The van der Waals surface area contributed by atoms with Gasteiger partial charge in [0.1, 0.15) is 0 Å². The van der Waals surface area contributed by atoms with Gasteiger partial charge in [0, 0.05) is 34.5 Å². The summed E-state index contributed by atoms with van der Waals surface area (Å²) >= 11 is 1.76. The third kappa shape index (κ3) is 6.25. The summed E-state index contributed by atoms with van der Waals surface area (Å²) in [5.74, 6) is 1.67. The van der Waals surface area contributed by atoms with Crippen LogP contribution in [-0.2, 0) is 0 Å². The highest BCUT2D eigenvalue weighted by Crippen LogP contribution is 2.25. The van der Waals surface area contributed by atoms with Gasteiger partial charge >= 0.3 is 0 Å². The van der Waals surface area contributed by atoms with Crippen molar-refractivity contribution < 1.29 is 0 Å². The average Bonchev–Trinajstić information content (AvgIpc) is 2.91. The van der Waals surface area contributed by atoms with E-state index in [1.165, 1.54) is 10.7 Å². The fraction of sp³-hybridized carbons (Fsp3) is 0.250. The summed E-state index contributed by atoms with van der Waals surface area (Å²) in [4.78, 5) is 25.1. The molecule has 4 aromatic rings. The van der Waals surface area contributed by atoms with Crippen molar-refractivity contribution in [3.8, 4) is 28.7 Å². The fourth-order valence-electron chi connectivity index (χ4n) is 3.79. The molecule has 2 aromatic heterocycles. The molecule has 0 aliphatic heterocycles. The molecule has 0 saturated carbocycles. The van der Waals surface area contributed by atoms with Crippen molar-refractivity contribution in [2.75, 3.05) is 26.4 Å². The number of nitrogens with zero attached hydrogens (tertiary/aromatic N) is 6. The average molecular weight is 497 g/mol. The minimum atomic E-state index is -0.303. The molecule has 0 N–H and O–H groups in total. The first-order chi connectivity index (χ1) is 17.4. The predicted molar refractivity (Wildman–Crippen MR) is 144 cm³/mol. The number of hydrogen-bond donors (Lipinski definition) is 0. The van der Waals surface area contributed by atoms with Crippen LogP contribution in [0, 0.1) is 11.3 Å². The van der Waals surface area contributed by atoms with E-state index in [2.05, 4.69) is 40.1 Å². The molecule has 2 heterocycles. The second-order valence-electron chi connectivity index (χ2n) is 8.74. The van der Waals surface area contributed by atoms with Crippen molar-refractivity contribution in [2.24, 2.45) is 0 Å². The number of thioether (sulfide) groups is 1. The normalized spacial score (nSPS) is 11.9. The lowest BCUT2D eigenvalue weighted by molar-refractivity contribution is 0.410. The van der Waals surface area contributed by atoms with E-state index in [1.54, 1.807) is 30.0 Å². The van der Waals surface area contributed by atoms with E-state index in [0.29, 0.717) is 17.1 Å². The minimum absolute atomic E-state index is 0.194. The van der Waals surface area contributed by atoms with E-state index in [4.69, 9.17) is 0 Å². The molecule has 1 unspecified atom stereocenters. The zero-order chi connectivity index (χ0) is 25.5. The Morgan fingerprint density at radius 3 is 2.53 bits per heavy atom. The van der Waals surface area contributed by atoms with E-state index in [-0.39, 0.29) is 11.6 Å². The molecule has 0 spiro atoms. The Morgan fingerprint density at radius 1 is 1.03 bits per heavy atom. The maximum Gasteiger partial charge on any atom is 0.267 e. The molecule has 0 aliphatic carbocycles. The van der Waals surface area contributed by atoms with Crippen LogP contribution in [0.1, 0.15) is 30.5 Å². The molecular weight excluding hydrogens is 468 g/mol. The van der Waals surface area contributed by atoms with Crippen LogP contribution in [0.25, 0.3) is 22.6 Å². The summed E-state index contributed by atoms with van der Waals surface area (Å²) in [5, 5.41) is 13.8. The zero-order valence-corrected chi connectivity index (χ0v) is 21.4.